The number of hydrogen-bond donors (Lipinski definition) is 1. The maximum Gasteiger partial charge on any atom is 0.0506 e. The van der Waals surface area contributed by atoms with E-state index in [9.17, 15) is 0 Å². The first-order valence-corrected chi connectivity index (χ1v) is 4.96. The molecule has 0 fully saturated rings. The van der Waals surface area contributed by atoms with E-state index in [1.807, 2.05) is 19.1 Å². The maximum atomic E-state index is 5.98. The molecule has 1 unspecified atom stereocenters. The highest BCUT2D eigenvalue weighted by Gasteiger charge is 2.00. The van der Waals surface area contributed by atoms with E-state index in [1.165, 1.54) is 0 Å². The Morgan fingerprint density at radius 3 is 3.00 bits per heavy atom. The lowest BCUT2D eigenvalue weighted by Gasteiger charge is -2.09. The van der Waals surface area contributed by atoms with Crippen LogP contribution in [0.25, 0.3) is 0 Å². The first-order valence-electron chi connectivity index (χ1n) is 4.53. The first kappa shape index (κ1) is 10.3. The SMILES string of the molecule is CCC(Cl)CNc1ccnc(C)c1. The molecule has 0 aliphatic heterocycles. The number of pyridine rings is 1. The lowest BCUT2D eigenvalue weighted by molar-refractivity contribution is 0.843. The number of rotatable bonds is 4. The van der Waals surface area contributed by atoms with Crippen LogP contribution in [-0.4, -0.2) is 16.9 Å². The van der Waals surface area contributed by atoms with Gasteiger partial charge in [-0.2, -0.15) is 0 Å². The minimum absolute atomic E-state index is 0.202. The van der Waals surface area contributed by atoms with Gasteiger partial charge in [0.2, 0.25) is 0 Å². The zero-order valence-electron chi connectivity index (χ0n) is 8.05. The van der Waals surface area contributed by atoms with Gasteiger partial charge in [0.15, 0.2) is 0 Å². The maximum absolute atomic E-state index is 5.98. The predicted molar refractivity (Wildman–Crippen MR) is 57.4 cm³/mol. The second-order valence-corrected chi connectivity index (χ2v) is 3.69. The Hall–Kier alpha value is -0.760. The fourth-order valence-electron chi connectivity index (χ4n) is 1.03. The van der Waals surface area contributed by atoms with Gasteiger partial charge in [-0.15, -0.1) is 11.6 Å². The summed E-state index contributed by atoms with van der Waals surface area (Å²) >= 11 is 5.98. The van der Waals surface area contributed by atoms with Crippen LogP contribution in [0, 0.1) is 6.92 Å². The molecule has 1 aromatic heterocycles. The van der Waals surface area contributed by atoms with Crippen LogP contribution in [0.2, 0.25) is 0 Å². The number of alkyl halides is 1. The van der Waals surface area contributed by atoms with E-state index in [4.69, 9.17) is 11.6 Å². The minimum atomic E-state index is 0.202. The van der Waals surface area contributed by atoms with Crippen molar-refractivity contribution in [3.05, 3.63) is 24.0 Å². The van der Waals surface area contributed by atoms with Gasteiger partial charge >= 0.3 is 0 Å². The molecule has 72 valence electrons. The molecule has 3 heteroatoms. The number of aromatic nitrogens is 1. The van der Waals surface area contributed by atoms with Gasteiger partial charge < -0.3 is 5.32 Å². The summed E-state index contributed by atoms with van der Waals surface area (Å²) in [4.78, 5) is 4.11. The Kier molecular flexibility index (Phi) is 4.03. The fourth-order valence-corrected chi connectivity index (χ4v) is 1.11. The monoisotopic (exact) mass is 198 g/mol. The molecule has 0 spiro atoms. The highest BCUT2D eigenvalue weighted by molar-refractivity contribution is 6.20. The van der Waals surface area contributed by atoms with Crippen LogP contribution in [0.15, 0.2) is 18.3 Å². The summed E-state index contributed by atoms with van der Waals surface area (Å²) in [6.45, 7) is 4.86. The quantitative estimate of drug-likeness (QED) is 0.753. The molecule has 0 bridgehead atoms. The van der Waals surface area contributed by atoms with Gasteiger partial charge in [-0.05, 0) is 25.5 Å². The number of nitrogens with one attached hydrogen (secondary N) is 1. The van der Waals surface area contributed by atoms with E-state index in [2.05, 4.69) is 17.2 Å². The van der Waals surface area contributed by atoms with Crippen molar-refractivity contribution in [2.75, 3.05) is 11.9 Å². The van der Waals surface area contributed by atoms with E-state index in [1.54, 1.807) is 6.20 Å². The van der Waals surface area contributed by atoms with Crippen molar-refractivity contribution >= 4 is 17.3 Å². The van der Waals surface area contributed by atoms with Crippen molar-refractivity contribution in [3.8, 4) is 0 Å². The largest absolute Gasteiger partial charge is 0.383 e. The molecule has 0 saturated carbocycles. The Balaban J connectivity index is 2.45. The smallest absolute Gasteiger partial charge is 0.0506 e. The van der Waals surface area contributed by atoms with Crippen molar-refractivity contribution in [1.82, 2.24) is 4.98 Å². The molecular formula is C10H15ClN2. The molecule has 0 aliphatic carbocycles. The van der Waals surface area contributed by atoms with Gasteiger partial charge in [-0.3, -0.25) is 4.98 Å². The Morgan fingerprint density at radius 1 is 1.62 bits per heavy atom. The van der Waals surface area contributed by atoms with Crippen molar-refractivity contribution in [2.24, 2.45) is 0 Å². The number of anilines is 1. The van der Waals surface area contributed by atoms with Gasteiger partial charge in [0, 0.05) is 24.1 Å². The van der Waals surface area contributed by atoms with Crippen molar-refractivity contribution < 1.29 is 0 Å². The summed E-state index contributed by atoms with van der Waals surface area (Å²) in [5.41, 5.74) is 2.11. The first-order chi connectivity index (χ1) is 6.22. The third-order valence-electron chi connectivity index (χ3n) is 1.87. The molecule has 1 rings (SSSR count). The third-order valence-corrected chi connectivity index (χ3v) is 2.33. The highest BCUT2D eigenvalue weighted by Crippen LogP contribution is 2.08. The molecule has 0 amide bonds. The van der Waals surface area contributed by atoms with E-state index in [0.717, 1.165) is 24.3 Å². The number of hydrogen-bond acceptors (Lipinski definition) is 2. The van der Waals surface area contributed by atoms with Crippen molar-refractivity contribution in [1.29, 1.82) is 0 Å². The molecule has 0 aromatic carbocycles. The molecule has 1 atom stereocenters. The number of aryl methyl sites for hydroxylation is 1. The molecule has 2 nitrogen and oxygen atoms in total. The second-order valence-electron chi connectivity index (χ2n) is 3.07. The molecule has 0 aliphatic rings. The van der Waals surface area contributed by atoms with E-state index in [-0.39, 0.29) is 5.38 Å². The lowest BCUT2D eigenvalue weighted by Crippen LogP contribution is -2.13. The molecule has 1 aromatic rings. The molecule has 13 heavy (non-hydrogen) atoms. The summed E-state index contributed by atoms with van der Waals surface area (Å²) in [6.07, 6.45) is 2.78. The summed E-state index contributed by atoms with van der Waals surface area (Å²) in [5.74, 6) is 0. The molecule has 1 heterocycles. The highest BCUT2D eigenvalue weighted by atomic mass is 35.5. The summed E-state index contributed by atoms with van der Waals surface area (Å²) in [7, 11) is 0. The third kappa shape index (κ3) is 3.64. The van der Waals surface area contributed by atoms with Gasteiger partial charge in [-0.25, -0.2) is 0 Å². The normalized spacial score (nSPS) is 12.5. The van der Waals surface area contributed by atoms with Crippen LogP contribution in [0.5, 0.6) is 0 Å². The topological polar surface area (TPSA) is 24.9 Å². The van der Waals surface area contributed by atoms with Crippen LogP contribution in [0.4, 0.5) is 5.69 Å². The van der Waals surface area contributed by atoms with Crippen LogP contribution < -0.4 is 5.32 Å². The van der Waals surface area contributed by atoms with Gasteiger partial charge in [-0.1, -0.05) is 6.92 Å². The zero-order chi connectivity index (χ0) is 9.68. The van der Waals surface area contributed by atoms with Crippen LogP contribution in [-0.2, 0) is 0 Å². The van der Waals surface area contributed by atoms with Gasteiger partial charge in [0.05, 0.1) is 5.38 Å². The average molecular weight is 199 g/mol. The van der Waals surface area contributed by atoms with Gasteiger partial charge in [0.25, 0.3) is 0 Å². The Morgan fingerprint density at radius 2 is 2.38 bits per heavy atom. The lowest BCUT2D eigenvalue weighted by atomic mass is 10.3. The van der Waals surface area contributed by atoms with E-state index >= 15 is 0 Å². The van der Waals surface area contributed by atoms with E-state index < -0.39 is 0 Å². The summed E-state index contributed by atoms with van der Waals surface area (Å²) in [5, 5.41) is 3.47. The van der Waals surface area contributed by atoms with Crippen LogP contribution >= 0.6 is 11.6 Å². The molecule has 0 saturated heterocycles. The zero-order valence-corrected chi connectivity index (χ0v) is 8.80. The Bertz CT molecular complexity index is 263. The standard InChI is InChI=1S/C10H15ClN2/c1-3-9(11)7-13-10-4-5-12-8(2)6-10/h4-6,9H,3,7H2,1-2H3,(H,12,13). The average Bonchev–Trinajstić information content (AvgIpc) is 2.14. The Labute approximate surface area is 84.3 Å². The number of nitrogens with zero attached hydrogens (tertiary/aromatic N) is 1. The summed E-state index contributed by atoms with van der Waals surface area (Å²) in [6, 6.07) is 3.96. The second kappa shape index (κ2) is 5.07. The van der Waals surface area contributed by atoms with Gasteiger partial charge in [0.1, 0.15) is 0 Å². The van der Waals surface area contributed by atoms with E-state index in [0.29, 0.717) is 0 Å². The van der Waals surface area contributed by atoms with Crippen LogP contribution in [0.1, 0.15) is 19.0 Å². The van der Waals surface area contributed by atoms with Crippen molar-refractivity contribution in [2.45, 2.75) is 25.6 Å². The van der Waals surface area contributed by atoms with Crippen molar-refractivity contribution in [3.63, 3.8) is 0 Å². The predicted octanol–water partition coefficient (Wildman–Crippen LogP) is 2.82. The molecular weight excluding hydrogens is 184 g/mol. The fraction of sp³-hybridized carbons (Fsp3) is 0.500. The number of halogens is 1. The minimum Gasteiger partial charge on any atom is -0.383 e. The molecule has 1 N–H and O–H groups in total. The summed E-state index contributed by atoms with van der Waals surface area (Å²) < 4.78 is 0. The molecule has 0 radical (unpaired) electrons. The van der Waals surface area contributed by atoms with Crippen LogP contribution in [0.3, 0.4) is 0 Å².